The number of halogens is 1. The van der Waals surface area contributed by atoms with Crippen molar-refractivity contribution in [2.24, 2.45) is 11.8 Å². The van der Waals surface area contributed by atoms with Gasteiger partial charge in [-0.1, -0.05) is 49.2 Å². The van der Waals surface area contributed by atoms with Crippen molar-refractivity contribution in [3.8, 4) is 0 Å². The second-order valence-corrected chi connectivity index (χ2v) is 9.41. The predicted molar refractivity (Wildman–Crippen MR) is 124 cm³/mol. The molecule has 2 heterocycles. The summed E-state index contributed by atoms with van der Waals surface area (Å²) < 4.78 is 14.8. The number of hydrogen-bond acceptors (Lipinski definition) is 2. The second kappa shape index (κ2) is 9.00. The maximum atomic E-state index is 14.8. The molecule has 33 heavy (non-hydrogen) atoms. The van der Waals surface area contributed by atoms with Gasteiger partial charge >= 0.3 is 5.97 Å². The monoisotopic (exact) mass is 448 g/mol. The molecule has 5 nitrogen and oxygen atoms in total. The minimum absolute atomic E-state index is 0.0165. The fourth-order valence-corrected chi connectivity index (χ4v) is 6.10. The summed E-state index contributed by atoms with van der Waals surface area (Å²) in [5, 5.41) is 10.2. The van der Waals surface area contributed by atoms with Gasteiger partial charge < -0.3 is 15.0 Å². The number of carboxylic acids is 1. The third-order valence-corrected chi connectivity index (χ3v) is 7.66. The molecular weight excluding hydrogens is 419 g/mol. The number of rotatable bonds is 5. The molecule has 2 aliphatic rings. The van der Waals surface area contributed by atoms with Gasteiger partial charge in [-0.25, -0.2) is 4.39 Å². The van der Waals surface area contributed by atoms with Crippen molar-refractivity contribution in [1.82, 2.24) is 9.88 Å². The van der Waals surface area contributed by atoms with Crippen LogP contribution in [0.3, 0.4) is 0 Å². The minimum Gasteiger partial charge on any atom is -0.481 e. The zero-order valence-corrected chi connectivity index (χ0v) is 18.5. The standard InChI is InChI=1S/C27H29FN2O3/c28-22-10-6-11-23-26(22)21(16-29-23)20(17-7-2-1-3-8-17)15-25(31)30-14-13-19(27(32)33)18-9-4-5-12-24(18)30/h1-3,6-8,10-11,16,18-20,24,29H,4-5,9,12-15H2,(H,32,33)/t18?,19?,20-,24?/m0/s1. The van der Waals surface area contributed by atoms with Crippen molar-refractivity contribution in [1.29, 1.82) is 0 Å². The molecule has 1 amide bonds. The molecule has 1 saturated heterocycles. The summed E-state index contributed by atoms with van der Waals surface area (Å²) in [4.78, 5) is 30.6. The van der Waals surface area contributed by atoms with Gasteiger partial charge in [0.1, 0.15) is 5.82 Å². The van der Waals surface area contributed by atoms with E-state index >= 15 is 0 Å². The van der Waals surface area contributed by atoms with Gasteiger partial charge in [0.05, 0.1) is 5.92 Å². The average Bonchev–Trinajstić information content (AvgIpc) is 3.27. The van der Waals surface area contributed by atoms with Crippen molar-refractivity contribution in [3.63, 3.8) is 0 Å². The van der Waals surface area contributed by atoms with E-state index in [0.717, 1.165) is 36.8 Å². The number of benzene rings is 2. The molecule has 1 aliphatic heterocycles. The summed E-state index contributed by atoms with van der Waals surface area (Å²) in [5.74, 6) is -1.65. The topological polar surface area (TPSA) is 73.4 Å². The highest BCUT2D eigenvalue weighted by Crippen LogP contribution is 2.41. The van der Waals surface area contributed by atoms with Crippen LogP contribution in [0.1, 0.15) is 55.6 Å². The van der Waals surface area contributed by atoms with Gasteiger partial charge in [-0.05, 0) is 48.4 Å². The lowest BCUT2D eigenvalue weighted by Gasteiger charge is -2.47. The SMILES string of the molecule is O=C(O)C1CCN(C(=O)C[C@@H](c2ccccc2)c2c[nH]c3cccc(F)c23)C2CCCCC12. The summed E-state index contributed by atoms with van der Waals surface area (Å²) in [6, 6.07) is 14.7. The van der Waals surface area contributed by atoms with Gasteiger partial charge in [0.2, 0.25) is 5.91 Å². The summed E-state index contributed by atoms with van der Waals surface area (Å²) in [5.41, 5.74) is 2.46. The van der Waals surface area contributed by atoms with Crippen LogP contribution in [0, 0.1) is 17.7 Å². The number of carboxylic acid groups (broad SMARTS) is 1. The molecule has 6 heteroatoms. The van der Waals surface area contributed by atoms with Crippen LogP contribution < -0.4 is 0 Å². The lowest BCUT2D eigenvalue weighted by molar-refractivity contribution is -0.153. The van der Waals surface area contributed by atoms with Crippen LogP contribution in [0.25, 0.3) is 10.9 Å². The first-order chi connectivity index (χ1) is 16.0. The highest BCUT2D eigenvalue weighted by atomic mass is 19.1. The van der Waals surface area contributed by atoms with Crippen LogP contribution >= 0.6 is 0 Å². The number of nitrogens with one attached hydrogen (secondary N) is 1. The van der Waals surface area contributed by atoms with Crippen molar-refractivity contribution in [2.75, 3.05) is 6.54 Å². The zero-order valence-electron chi connectivity index (χ0n) is 18.5. The van der Waals surface area contributed by atoms with Gasteiger partial charge in [0.25, 0.3) is 0 Å². The number of hydrogen-bond donors (Lipinski definition) is 2. The van der Waals surface area contributed by atoms with Crippen LogP contribution in [-0.2, 0) is 9.59 Å². The number of fused-ring (bicyclic) bond motifs is 2. The normalized spacial score (nSPS) is 23.8. The minimum atomic E-state index is -0.740. The fourth-order valence-electron chi connectivity index (χ4n) is 6.10. The Labute approximate surface area is 192 Å². The third-order valence-electron chi connectivity index (χ3n) is 7.66. The summed E-state index contributed by atoms with van der Waals surface area (Å²) >= 11 is 0. The van der Waals surface area contributed by atoms with E-state index in [2.05, 4.69) is 4.98 Å². The lowest BCUT2D eigenvalue weighted by Crippen LogP contribution is -2.54. The summed E-state index contributed by atoms with van der Waals surface area (Å²) in [6.07, 6.45) is 6.31. The molecule has 1 aliphatic carbocycles. The summed E-state index contributed by atoms with van der Waals surface area (Å²) in [7, 11) is 0. The first kappa shape index (κ1) is 21.7. The van der Waals surface area contributed by atoms with Crippen molar-refractivity contribution < 1.29 is 19.1 Å². The van der Waals surface area contributed by atoms with E-state index < -0.39 is 5.97 Å². The molecular formula is C27H29FN2O3. The number of piperidine rings is 1. The number of aromatic nitrogens is 1. The Bertz CT molecular complexity index is 1160. The molecule has 4 atom stereocenters. The Morgan fingerprint density at radius 2 is 1.85 bits per heavy atom. The lowest BCUT2D eigenvalue weighted by atomic mass is 9.71. The fraction of sp³-hybridized carbons (Fsp3) is 0.407. The van der Waals surface area contributed by atoms with Crippen molar-refractivity contribution in [2.45, 2.75) is 50.5 Å². The molecule has 0 radical (unpaired) electrons. The third kappa shape index (κ3) is 4.03. The number of amides is 1. The Balaban J connectivity index is 1.47. The zero-order chi connectivity index (χ0) is 22.9. The molecule has 2 fully saturated rings. The molecule has 2 N–H and O–H groups in total. The average molecular weight is 449 g/mol. The molecule has 3 unspecified atom stereocenters. The smallest absolute Gasteiger partial charge is 0.306 e. The van der Waals surface area contributed by atoms with Gasteiger partial charge in [-0.15, -0.1) is 0 Å². The van der Waals surface area contributed by atoms with E-state index in [0.29, 0.717) is 23.9 Å². The van der Waals surface area contributed by atoms with E-state index in [1.54, 1.807) is 6.07 Å². The maximum absolute atomic E-state index is 14.8. The molecule has 0 bridgehead atoms. The van der Waals surface area contributed by atoms with Crippen LogP contribution in [0.2, 0.25) is 0 Å². The van der Waals surface area contributed by atoms with E-state index in [9.17, 15) is 19.1 Å². The summed E-state index contributed by atoms with van der Waals surface area (Å²) in [6.45, 7) is 0.473. The van der Waals surface area contributed by atoms with Crippen LogP contribution in [0.4, 0.5) is 4.39 Å². The van der Waals surface area contributed by atoms with Gasteiger partial charge in [0, 0.05) is 42.0 Å². The van der Waals surface area contributed by atoms with Gasteiger partial charge in [0.15, 0.2) is 0 Å². The predicted octanol–water partition coefficient (Wildman–Crippen LogP) is 5.32. The molecule has 1 saturated carbocycles. The second-order valence-electron chi connectivity index (χ2n) is 9.41. The highest BCUT2D eigenvalue weighted by molar-refractivity contribution is 5.86. The van der Waals surface area contributed by atoms with Crippen LogP contribution in [0.15, 0.2) is 54.7 Å². The van der Waals surface area contributed by atoms with E-state index in [1.807, 2.05) is 47.5 Å². The number of likely N-dealkylation sites (tertiary alicyclic amines) is 1. The van der Waals surface area contributed by atoms with E-state index in [-0.39, 0.29) is 41.9 Å². The van der Waals surface area contributed by atoms with Crippen molar-refractivity contribution >= 4 is 22.8 Å². The molecule has 172 valence electrons. The number of carbonyl (C=O) groups excluding carboxylic acids is 1. The number of aliphatic carboxylic acids is 1. The number of nitrogens with zero attached hydrogens (tertiary/aromatic N) is 1. The first-order valence-corrected chi connectivity index (χ1v) is 11.9. The van der Waals surface area contributed by atoms with Gasteiger partial charge in [-0.2, -0.15) is 0 Å². The molecule has 0 spiro atoms. The van der Waals surface area contributed by atoms with E-state index in [4.69, 9.17) is 0 Å². The Morgan fingerprint density at radius 1 is 1.06 bits per heavy atom. The van der Waals surface area contributed by atoms with E-state index in [1.165, 1.54) is 6.07 Å². The van der Waals surface area contributed by atoms with Crippen LogP contribution in [-0.4, -0.2) is 39.5 Å². The molecule has 5 rings (SSSR count). The van der Waals surface area contributed by atoms with Crippen LogP contribution in [0.5, 0.6) is 0 Å². The Hall–Kier alpha value is -3.15. The number of aromatic amines is 1. The Morgan fingerprint density at radius 3 is 2.64 bits per heavy atom. The quantitative estimate of drug-likeness (QED) is 0.555. The Kier molecular flexibility index (Phi) is 5.92. The number of carbonyl (C=O) groups is 2. The van der Waals surface area contributed by atoms with Crippen molar-refractivity contribution in [3.05, 3.63) is 71.7 Å². The highest BCUT2D eigenvalue weighted by Gasteiger charge is 2.44. The molecule has 2 aromatic carbocycles. The molecule has 3 aromatic rings. The largest absolute Gasteiger partial charge is 0.481 e. The molecule has 1 aromatic heterocycles. The maximum Gasteiger partial charge on any atom is 0.306 e. The number of H-pyrrole nitrogens is 1. The van der Waals surface area contributed by atoms with Gasteiger partial charge in [-0.3, -0.25) is 9.59 Å². The first-order valence-electron chi connectivity index (χ1n) is 11.9.